The summed E-state index contributed by atoms with van der Waals surface area (Å²) in [5.74, 6) is 0. The summed E-state index contributed by atoms with van der Waals surface area (Å²) >= 11 is 0. The first-order chi connectivity index (χ1) is 6.92. The van der Waals surface area contributed by atoms with Crippen LogP contribution in [0.15, 0.2) is 24.4 Å². The molecule has 0 radical (unpaired) electrons. The lowest BCUT2D eigenvalue weighted by atomic mass is 10.0. The zero-order chi connectivity index (χ0) is 9.80. The van der Waals surface area contributed by atoms with E-state index in [9.17, 15) is 0 Å². The van der Waals surface area contributed by atoms with Gasteiger partial charge in [-0.1, -0.05) is 6.07 Å². The van der Waals surface area contributed by atoms with Crippen molar-refractivity contribution in [3.05, 3.63) is 30.1 Å². The molecule has 0 aliphatic carbocycles. The van der Waals surface area contributed by atoms with E-state index >= 15 is 0 Å². The summed E-state index contributed by atoms with van der Waals surface area (Å²) < 4.78 is 0. The molecular weight excluding hydrogens is 176 g/mol. The zero-order valence-electron chi connectivity index (χ0n) is 7.77. The molecule has 0 spiro atoms. The van der Waals surface area contributed by atoms with Gasteiger partial charge in [0.05, 0.1) is 17.8 Å². The fourth-order valence-electron chi connectivity index (χ4n) is 1.65. The molecule has 2 unspecified atom stereocenters. The van der Waals surface area contributed by atoms with Gasteiger partial charge in [0.1, 0.15) is 6.04 Å². The molecule has 1 aromatic heterocycles. The van der Waals surface area contributed by atoms with Crippen molar-refractivity contribution in [1.29, 1.82) is 5.26 Å². The first-order valence-electron chi connectivity index (χ1n) is 4.69. The second-order valence-corrected chi connectivity index (χ2v) is 3.25. The minimum absolute atomic E-state index is 0.00921. The molecule has 0 aromatic carbocycles. The second kappa shape index (κ2) is 4.18. The average molecular weight is 188 g/mol. The molecule has 72 valence electrons. The molecule has 2 N–H and O–H groups in total. The van der Waals surface area contributed by atoms with Crippen LogP contribution >= 0.6 is 0 Å². The summed E-state index contributed by atoms with van der Waals surface area (Å²) in [6.45, 7) is 1.71. The SMILES string of the molecule is N#CC1NCCNC1c1ccccn1. The summed E-state index contributed by atoms with van der Waals surface area (Å²) in [4.78, 5) is 4.25. The van der Waals surface area contributed by atoms with Gasteiger partial charge in [0.25, 0.3) is 0 Å². The maximum atomic E-state index is 8.94. The molecule has 0 amide bonds. The molecule has 2 rings (SSSR count). The highest BCUT2D eigenvalue weighted by Crippen LogP contribution is 2.15. The number of nitrogens with zero attached hydrogens (tertiary/aromatic N) is 2. The predicted octanol–water partition coefficient (Wildman–Crippen LogP) is 0.208. The van der Waals surface area contributed by atoms with E-state index < -0.39 is 0 Å². The van der Waals surface area contributed by atoms with Gasteiger partial charge in [-0.3, -0.25) is 10.3 Å². The molecule has 4 heteroatoms. The molecule has 1 saturated heterocycles. The van der Waals surface area contributed by atoms with Crippen molar-refractivity contribution in [3.63, 3.8) is 0 Å². The van der Waals surface area contributed by atoms with Crippen molar-refractivity contribution in [2.24, 2.45) is 0 Å². The molecule has 1 aromatic rings. The standard InChI is InChI=1S/C10H12N4/c11-7-9-10(14-6-5-13-9)8-3-1-2-4-12-8/h1-4,9-10,13-14H,5-6H2. The van der Waals surface area contributed by atoms with E-state index in [2.05, 4.69) is 21.7 Å². The largest absolute Gasteiger partial charge is 0.305 e. The second-order valence-electron chi connectivity index (χ2n) is 3.25. The van der Waals surface area contributed by atoms with Crippen LogP contribution < -0.4 is 10.6 Å². The van der Waals surface area contributed by atoms with Gasteiger partial charge in [-0.25, -0.2) is 0 Å². The average Bonchev–Trinajstić information content (AvgIpc) is 2.30. The van der Waals surface area contributed by atoms with Crippen LogP contribution in [0.2, 0.25) is 0 Å². The van der Waals surface area contributed by atoms with Gasteiger partial charge in [-0.05, 0) is 12.1 Å². The Morgan fingerprint density at radius 1 is 1.36 bits per heavy atom. The monoisotopic (exact) mass is 188 g/mol. The molecule has 14 heavy (non-hydrogen) atoms. The van der Waals surface area contributed by atoms with Crippen molar-refractivity contribution in [1.82, 2.24) is 15.6 Å². The minimum Gasteiger partial charge on any atom is -0.305 e. The summed E-state index contributed by atoms with van der Waals surface area (Å²) in [7, 11) is 0. The van der Waals surface area contributed by atoms with E-state index in [-0.39, 0.29) is 12.1 Å². The zero-order valence-corrected chi connectivity index (χ0v) is 7.77. The van der Waals surface area contributed by atoms with Crippen LogP contribution in [0, 0.1) is 11.3 Å². The highest BCUT2D eigenvalue weighted by molar-refractivity contribution is 5.16. The first kappa shape index (κ1) is 9.13. The van der Waals surface area contributed by atoms with Gasteiger partial charge in [0.2, 0.25) is 0 Å². The Kier molecular flexibility index (Phi) is 2.73. The van der Waals surface area contributed by atoms with E-state index in [1.165, 1.54) is 0 Å². The topological polar surface area (TPSA) is 60.7 Å². The Hall–Kier alpha value is -1.44. The normalized spacial score (nSPS) is 26.8. The van der Waals surface area contributed by atoms with Crippen LogP contribution in [0.25, 0.3) is 0 Å². The maximum Gasteiger partial charge on any atom is 0.117 e. The molecular formula is C10H12N4. The van der Waals surface area contributed by atoms with Gasteiger partial charge < -0.3 is 5.32 Å². The van der Waals surface area contributed by atoms with Crippen molar-refractivity contribution in [3.8, 4) is 6.07 Å². The Labute approximate surface area is 83.0 Å². The van der Waals surface area contributed by atoms with E-state index in [0.717, 1.165) is 18.8 Å². The van der Waals surface area contributed by atoms with Crippen LogP contribution in [0.4, 0.5) is 0 Å². The number of nitriles is 1. The number of nitrogens with one attached hydrogen (secondary N) is 2. The van der Waals surface area contributed by atoms with Gasteiger partial charge in [-0.15, -0.1) is 0 Å². The molecule has 0 saturated carbocycles. The van der Waals surface area contributed by atoms with Crippen molar-refractivity contribution >= 4 is 0 Å². The van der Waals surface area contributed by atoms with Crippen molar-refractivity contribution < 1.29 is 0 Å². The Morgan fingerprint density at radius 3 is 2.93 bits per heavy atom. The lowest BCUT2D eigenvalue weighted by molar-refractivity contribution is 0.371. The maximum absolute atomic E-state index is 8.94. The summed E-state index contributed by atoms with van der Waals surface area (Å²) in [6.07, 6.45) is 1.75. The van der Waals surface area contributed by atoms with Crippen LogP contribution in [0.3, 0.4) is 0 Å². The number of pyridine rings is 1. The minimum atomic E-state index is -0.182. The fourth-order valence-corrected chi connectivity index (χ4v) is 1.65. The molecule has 1 aliphatic rings. The third-order valence-corrected chi connectivity index (χ3v) is 2.33. The van der Waals surface area contributed by atoms with Gasteiger partial charge in [-0.2, -0.15) is 5.26 Å². The lowest BCUT2D eigenvalue weighted by Crippen LogP contribution is -2.50. The number of rotatable bonds is 1. The third kappa shape index (κ3) is 1.74. The highest BCUT2D eigenvalue weighted by Gasteiger charge is 2.25. The predicted molar refractivity (Wildman–Crippen MR) is 52.4 cm³/mol. The fraction of sp³-hybridized carbons (Fsp3) is 0.400. The molecule has 2 atom stereocenters. The number of piperazine rings is 1. The quantitative estimate of drug-likeness (QED) is 0.661. The Balaban J connectivity index is 2.20. The van der Waals surface area contributed by atoms with E-state index in [1.54, 1.807) is 6.20 Å². The first-order valence-corrected chi connectivity index (χ1v) is 4.69. The molecule has 4 nitrogen and oxygen atoms in total. The Morgan fingerprint density at radius 2 is 2.21 bits per heavy atom. The van der Waals surface area contributed by atoms with Crippen LogP contribution in [-0.2, 0) is 0 Å². The van der Waals surface area contributed by atoms with Crippen molar-refractivity contribution in [2.45, 2.75) is 12.1 Å². The summed E-state index contributed by atoms with van der Waals surface area (Å²) in [5, 5.41) is 15.4. The molecule has 0 bridgehead atoms. The van der Waals surface area contributed by atoms with E-state index in [1.807, 2.05) is 18.2 Å². The number of hydrogen-bond donors (Lipinski definition) is 2. The highest BCUT2D eigenvalue weighted by atomic mass is 15.1. The van der Waals surface area contributed by atoms with Crippen LogP contribution in [-0.4, -0.2) is 24.1 Å². The van der Waals surface area contributed by atoms with E-state index in [0.29, 0.717) is 0 Å². The lowest BCUT2D eigenvalue weighted by Gasteiger charge is -2.28. The summed E-state index contributed by atoms with van der Waals surface area (Å²) in [6, 6.07) is 7.82. The van der Waals surface area contributed by atoms with Gasteiger partial charge in [0.15, 0.2) is 0 Å². The molecule has 1 aliphatic heterocycles. The van der Waals surface area contributed by atoms with Crippen LogP contribution in [0.5, 0.6) is 0 Å². The Bertz CT molecular complexity index is 330. The molecule has 1 fully saturated rings. The van der Waals surface area contributed by atoms with E-state index in [4.69, 9.17) is 5.26 Å². The molecule has 2 heterocycles. The number of hydrogen-bond acceptors (Lipinski definition) is 4. The van der Waals surface area contributed by atoms with Crippen LogP contribution in [0.1, 0.15) is 11.7 Å². The number of aromatic nitrogens is 1. The third-order valence-electron chi connectivity index (χ3n) is 2.33. The van der Waals surface area contributed by atoms with Crippen molar-refractivity contribution in [2.75, 3.05) is 13.1 Å². The smallest absolute Gasteiger partial charge is 0.117 e. The summed E-state index contributed by atoms with van der Waals surface area (Å²) in [5.41, 5.74) is 0.922. The van der Waals surface area contributed by atoms with Gasteiger partial charge in [0, 0.05) is 19.3 Å². The van der Waals surface area contributed by atoms with Gasteiger partial charge >= 0.3 is 0 Å².